The first-order valence-corrected chi connectivity index (χ1v) is 13.1. The summed E-state index contributed by atoms with van der Waals surface area (Å²) in [5, 5.41) is 16.1. The first-order chi connectivity index (χ1) is 18.1. The number of piperidine rings is 1. The van der Waals surface area contributed by atoms with Crippen LogP contribution in [0, 0.1) is 0 Å². The number of benzene rings is 2. The van der Waals surface area contributed by atoms with E-state index in [1.54, 1.807) is 6.20 Å². The van der Waals surface area contributed by atoms with Crippen LogP contribution in [0.15, 0.2) is 54.7 Å². The molecule has 1 aromatic heterocycles. The Hall–Kier alpha value is -3.69. The van der Waals surface area contributed by atoms with Crippen molar-refractivity contribution in [2.24, 2.45) is 0 Å². The standard InChI is InChI=1S/C28H35N7O2/c1-3-33(4-2)17-18-35-25-8-6-5-7-23(25)27(37)31-24-19-29-28(32-26(24)35)30-20-9-11-21(12-10-20)34-15-13-22(36)14-16-34/h5-12,19,22,36H,3-4,13-18H2,1-2H3,(H,31,37)(H,29,30,32). The number of carbonyl (C=O) groups excluding carboxylic acids is 1. The number of rotatable bonds is 8. The van der Waals surface area contributed by atoms with Crippen molar-refractivity contribution in [3.05, 3.63) is 60.3 Å². The number of likely N-dealkylation sites (N-methyl/N-ethyl adjacent to an activating group) is 1. The van der Waals surface area contributed by atoms with Crippen LogP contribution >= 0.6 is 0 Å². The maximum absolute atomic E-state index is 13.0. The van der Waals surface area contributed by atoms with Gasteiger partial charge in [0.1, 0.15) is 5.69 Å². The molecule has 1 amide bonds. The molecule has 0 aliphatic carbocycles. The van der Waals surface area contributed by atoms with E-state index in [-0.39, 0.29) is 12.0 Å². The van der Waals surface area contributed by atoms with Crippen molar-refractivity contribution < 1.29 is 9.90 Å². The maximum atomic E-state index is 13.0. The van der Waals surface area contributed by atoms with E-state index >= 15 is 0 Å². The van der Waals surface area contributed by atoms with Crippen LogP contribution in [0.1, 0.15) is 37.0 Å². The van der Waals surface area contributed by atoms with Gasteiger partial charge in [0.2, 0.25) is 5.95 Å². The number of aliphatic hydroxyl groups is 1. The molecule has 0 atom stereocenters. The highest BCUT2D eigenvalue weighted by atomic mass is 16.3. The average Bonchev–Trinajstić information content (AvgIpc) is 3.04. The fourth-order valence-electron chi connectivity index (χ4n) is 4.95. The lowest BCUT2D eigenvalue weighted by Crippen LogP contribution is -2.35. The fraction of sp³-hybridized carbons (Fsp3) is 0.393. The van der Waals surface area contributed by atoms with Crippen molar-refractivity contribution in [3.63, 3.8) is 0 Å². The van der Waals surface area contributed by atoms with E-state index in [1.807, 2.05) is 36.4 Å². The van der Waals surface area contributed by atoms with E-state index in [0.29, 0.717) is 29.6 Å². The first kappa shape index (κ1) is 25.0. The quantitative estimate of drug-likeness (QED) is 0.422. The zero-order chi connectivity index (χ0) is 25.8. The third-order valence-electron chi connectivity index (χ3n) is 7.20. The second-order valence-corrected chi connectivity index (χ2v) is 9.47. The fourth-order valence-corrected chi connectivity index (χ4v) is 4.95. The number of amides is 1. The number of aromatic nitrogens is 2. The Morgan fingerprint density at radius 1 is 1.08 bits per heavy atom. The second kappa shape index (κ2) is 11.1. The van der Waals surface area contributed by atoms with Gasteiger partial charge in [-0.1, -0.05) is 26.0 Å². The van der Waals surface area contributed by atoms with E-state index in [1.165, 1.54) is 0 Å². The Labute approximate surface area is 218 Å². The van der Waals surface area contributed by atoms with Gasteiger partial charge in [0, 0.05) is 37.6 Å². The molecule has 5 rings (SSSR count). The summed E-state index contributed by atoms with van der Waals surface area (Å²) < 4.78 is 0. The van der Waals surface area contributed by atoms with Gasteiger partial charge >= 0.3 is 0 Å². The summed E-state index contributed by atoms with van der Waals surface area (Å²) in [6.07, 6.45) is 3.08. The number of fused-ring (bicyclic) bond motifs is 2. The van der Waals surface area contributed by atoms with Gasteiger partial charge in [-0.2, -0.15) is 4.98 Å². The van der Waals surface area contributed by atoms with E-state index < -0.39 is 0 Å². The molecule has 0 unspecified atom stereocenters. The molecular weight excluding hydrogens is 466 g/mol. The second-order valence-electron chi connectivity index (χ2n) is 9.47. The van der Waals surface area contributed by atoms with Crippen LogP contribution in [0.25, 0.3) is 0 Å². The van der Waals surface area contributed by atoms with Crippen LogP contribution < -0.4 is 20.4 Å². The van der Waals surface area contributed by atoms with Gasteiger partial charge in [-0.15, -0.1) is 0 Å². The lowest BCUT2D eigenvalue weighted by Gasteiger charge is -2.31. The average molecular weight is 502 g/mol. The summed E-state index contributed by atoms with van der Waals surface area (Å²) in [4.78, 5) is 29.1. The molecule has 0 saturated carbocycles. The van der Waals surface area contributed by atoms with Gasteiger partial charge in [-0.3, -0.25) is 4.79 Å². The van der Waals surface area contributed by atoms with Crippen molar-refractivity contribution in [2.75, 3.05) is 59.7 Å². The largest absolute Gasteiger partial charge is 0.393 e. The normalized spacial score (nSPS) is 15.7. The number of anilines is 6. The van der Waals surface area contributed by atoms with Gasteiger partial charge in [0.05, 0.1) is 23.6 Å². The molecule has 9 heteroatoms. The summed E-state index contributed by atoms with van der Waals surface area (Å²) >= 11 is 0. The maximum Gasteiger partial charge on any atom is 0.257 e. The van der Waals surface area contributed by atoms with Crippen LogP contribution in [-0.4, -0.2) is 71.3 Å². The predicted octanol–water partition coefficient (Wildman–Crippen LogP) is 4.23. The highest BCUT2D eigenvalue weighted by Gasteiger charge is 2.27. The predicted molar refractivity (Wildman–Crippen MR) is 148 cm³/mol. The van der Waals surface area contributed by atoms with E-state index in [9.17, 15) is 9.90 Å². The van der Waals surface area contributed by atoms with E-state index in [0.717, 1.165) is 62.6 Å². The van der Waals surface area contributed by atoms with Crippen LogP contribution in [0.5, 0.6) is 0 Å². The van der Waals surface area contributed by atoms with Crippen LogP contribution in [0.2, 0.25) is 0 Å². The SMILES string of the molecule is CCN(CC)CCN1c2ccccc2C(=O)Nc2cnc(Nc3ccc(N4CCC(O)CC4)cc3)nc21. The molecular formula is C28H35N7O2. The highest BCUT2D eigenvalue weighted by molar-refractivity contribution is 6.12. The minimum atomic E-state index is -0.189. The molecule has 0 spiro atoms. The molecule has 9 nitrogen and oxygen atoms in total. The third kappa shape index (κ3) is 5.52. The number of hydrogen-bond acceptors (Lipinski definition) is 8. The number of nitrogens with one attached hydrogen (secondary N) is 2. The first-order valence-electron chi connectivity index (χ1n) is 13.1. The Kier molecular flexibility index (Phi) is 7.52. The van der Waals surface area contributed by atoms with Gasteiger partial charge < -0.3 is 30.4 Å². The summed E-state index contributed by atoms with van der Waals surface area (Å²) in [5.74, 6) is 0.979. The lowest BCUT2D eigenvalue weighted by molar-refractivity contribution is 0.102. The van der Waals surface area contributed by atoms with Crippen LogP contribution in [-0.2, 0) is 0 Å². The summed E-state index contributed by atoms with van der Waals surface area (Å²) in [6, 6.07) is 15.8. The minimum absolute atomic E-state index is 0.160. The number of nitrogens with zero attached hydrogens (tertiary/aromatic N) is 5. The van der Waals surface area contributed by atoms with Crippen LogP contribution in [0.3, 0.4) is 0 Å². The molecule has 3 N–H and O–H groups in total. The van der Waals surface area contributed by atoms with Crippen molar-refractivity contribution in [1.29, 1.82) is 0 Å². The highest BCUT2D eigenvalue weighted by Crippen LogP contribution is 2.36. The molecule has 194 valence electrons. The van der Waals surface area contributed by atoms with Crippen molar-refractivity contribution >= 4 is 40.4 Å². The number of para-hydroxylation sites is 1. The van der Waals surface area contributed by atoms with E-state index in [2.05, 4.69) is 56.3 Å². The smallest absolute Gasteiger partial charge is 0.257 e. The molecule has 0 radical (unpaired) electrons. The Balaban J connectivity index is 1.40. The Morgan fingerprint density at radius 3 is 2.54 bits per heavy atom. The van der Waals surface area contributed by atoms with Gasteiger partial charge in [-0.05, 0) is 62.3 Å². The molecule has 3 heterocycles. The van der Waals surface area contributed by atoms with Crippen molar-refractivity contribution in [2.45, 2.75) is 32.8 Å². The van der Waals surface area contributed by atoms with Crippen LogP contribution in [0.4, 0.5) is 34.5 Å². The van der Waals surface area contributed by atoms with Gasteiger partial charge in [0.15, 0.2) is 5.82 Å². The minimum Gasteiger partial charge on any atom is -0.393 e. The van der Waals surface area contributed by atoms with Crippen molar-refractivity contribution in [1.82, 2.24) is 14.9 Å². The molecule has 37 heavy (non-hydrogen) atoms. The van der Waals surface area contributed by atoms with E-state index in [4.69, 9.17) is 4.98 Å². The lowest BCUT2D eigenvalue weighted by atomic mass is 10.1. The molecule has 1 fully saturated rings. The topological polar surface area (TPSA) is 96.9 Å². The molecule has 2 aromatic carbocycles. The summed E-state index contributed by atoms with van der Waals surface area (Å²) in [6.45, 7) is 9.48. The number of aliphatic hydroxyl groups excluding tert-OH is 1. The molecule has 2 aliphatic heterocycles. The summed E-state index contributed by atoms with van der Waals surface area (Å²) in [5.41, 5.74) is 4.08. The molecule has 0 bridgehead atoms. The van der Waals surface area contributed by atoms with Crippen molar-refractivity contribution in [3.8, 4) is 0 Å². The number of hydrogen-bond donors (Lipinski definition) is 3. The third-order valence-corrected chi connectivity index (χ3v) is 7.20. The summed E-state index contributed by atoms with van der Waals surface area (Å²) in [7, 11) is 0. The molecule has 1 saturated heterocycles. The Bertz CT molecular complexity index is 1220. The Morgan fingerprint density at radius 2 is 1.81 bits per heavy atom. The zero-order valence-electron chi connectivity index (χ0n) is 21.5. The van der Waals surface area contributed by atoms with Gasteiger partial charge in [0.25, 0.3) is 5.91 Å². The molecule has 3 aromatic rings. The number of carbonyl (C=O) groups is 1. The van der Waals surface area contributed by atoms with Gasteiger partial charge in [-0.25, -0.2) is 4.98 Å². The zero-order valence-corrected chi connectivity index (χ0v) is 21.5. The monoisotopic (exact) mass is 501 g/mol. The molecule has 2 aliphatic rings.